The number of benzene rings is 3. The van der Waals surface area contributed by atoms with Crippen LogP contribution in [0.1, 0.15) is 36.6 Å². The van der Waals surface area contributed by atoms with Gasteiger partial charge < -0.3 is 20.1 Å². The molecule has 2 amide bonds. The van der Waals surface area contributed by atoms with E-state index >= 15 is 0 Å². The maximum absolute atomic E-state index is 13.2. The van der Waals surface area contributed by atoms with Crippen LogP contribution in [0.2, 0.25) is 5.02 Å². The molecule has 1 unspecified atom stereocenters. The van der Waals surface area contributed by atoms with Gasteiger partial charge in [-0.3, -0.25) is 0 Å². The Hall–Kier alpha value is -3.77. The minimum absolute atomic E-state index is 0.300. The number of rotatable bonds is 7. The standard InChI is InChI=1S/C27H25ClN2O4/c1-17(2)34-26(31)23-24(19-11-7-4-8-12-19)29-27(32)30-25(23)20-13-14-22(21(28)15-20)33-16-18-9-5-3-6-10-18/h3-15,17,25H,16H2,1-2H3,(H2,29,30,32). The predicted octanol–water partition coefficient (Wildman–Crippen LogP) is 5.64. The summed E-state index contributed by atoms with van der Waals surface area (Å²) in [7, 11) is 0. The fourth-order valence-electron chi connectivity index (χ4n) is 3.69. The zero-order valence-corrected chi connectivity index (χ0v) is 19.6. The fraction of sp³-hybridized carbons (Fsp3) is 0.185. The van der Waals surface area contributed by atoms with Gasteiger partial charge in [-0.2, -0.15) is 0 Å². The average molecular weight is 477 g/mol. The highest BCUT2D eigenvalue weighted by Gasteiger charge is 2.35. The van der Waals surface area contributed by atoms with Gasteiger partial charge in [-0.15, -0.1) is 0 Å². The van der Waals surface area contributed by atoms with Gasteiger partial charge in [0.05, 0.1) is 28.4 Å². The summed E-state index contributed by atoms with van der Waals surface area (Å²) in [6, 6.07) is 23.0. The number of halogens is 1. The number of ether oxygens (including phenoxy) is 2. The van der Waals surface area contributed by atoms with Crippen molar-refractivity contribution in [1.82, 2.24) is 10.6 Å². The number of esters is 1. The van der Waals surface area contributed by atoms with E-state index in [1.807, 2.05) is 60.7 Å². The Morgan fingerprint density at radius 3 is 2.32 bits per heavy atom. The highest BCUT2D eigenvalue weighted by Crippen LogP contribution is 2.35. The summed E-state index contributed by atoms with van der Waals surface area (Å²) < 4.78 is 11.4. The largest absolute Gasteiger partial charge is 0.487 e. The van der Waals surface area contributed by atoms with Gasteiger partial charge >= 0.3 is 12.0 Å². The van der Waals surface area contributed by atoms with Gasteiger partial charge in [0, 0.05) is 0 Å². The third-order valence-electron chi connectivity index (χ3n) is 5.22. The molecule has 0 aromatic heterocycles. The molecule has 7 heteroatoms. The van der Waals surface area contributed by atoms with Crippen LogP contribution in [0.25, 0.3) is 5.70 Å². The van der Waals surface area contributed by atoms with E-state index in [2.05, 4.69) is 10.6 Å². The van der Waals surface area contributed by atoms with E-state index in [4.69, 9.17) is 21.1 Å². The summed E-state index contributed by atoms with van der Waals surface area (Å²) in [6.45, 7) is 3.93. The minimum Gasteiger partial charge on any atom is -0.487 e. The lowest BCUT2D eigenvalue weighted by molar-refractivity contribution is -0.143. The van der Waals surface area contributed by atoms with Crippen molar-refractivity contribution in [2.24, 2.45) is 0 Å². The minimum atomic E-state index is -0.754. The first-order valence-corrected chi connectivity index (χ1v) is 11.3. The molecule has 6 nitrogen and oxygen atoms in total. The van der Waals surface area contributed by atoms with E-state index in [9.17, 15) is 9.59 Å². The van der Waals surface area contributed by atoms with Crippen molar-refractivity contribution >= 4 is 29.3 Å². The van der Waals surface area contributed by atoms with Crippen molar-refractivity contribution in [1.29, 1.82) is 0 Å². The highest BCUT2D eigenvalue weighted by molar-refractivity contribution is 6.32. The molecule has 0 saturated heterocycles. The molecule has 174 valence electrons. The Balaban J connectivity index is 1.69. The molecule has 0 aliphatic carbocycles. The van der Waals surface area contributed by atoms with Gasteiger partial charge in [0.25, 0.3) is 0 Å². The zero-order chi connectivity index (χ0) is 24.1. The van der Waals surface area contributed by atoms with Crippen molar-refractivity contribution in [3.8, 4) is 5.75 Å². The molecule has 0 spiro atoms. The Bertz CT molecular complexity index is 1210. The third kappa shape index (κ3) is 5.41. The summed E-state index contributed by atoms with van der Waals surface area (Å²) in [5, 5.41) is 5.98. The van der Waals surface area contributed by atoms with Crippen LogP contribution in [-0.2, 0) is 16.1 Å². The smallest absolute Gasteiger partial charge is 0.338 e. The van der Waals surface area contributed by atoms with Gasteiger partial charge in [0.2, 0.25) is 0 Å². The predicted molar refractivity (Wildman–Crippen MR) is 131 cm³/mol. The molecule has 2 N–H and O–H groups in total. The van der Waals surface area contributed by atoms with Crippen molar-refractivity contribution < 1.29 is 19.1 Å². The second-order valence-electron chi connectivity index (χ2n) is 8.10. The summed E-state index contributed by atoms with van der Waals surface area (Å²) >= 11 is 6.53. The molecule has 1 aliphatic heterocycles. The fourth-order valence-corrected chi connectivity index (χ4v) is 3.94. The van der Waals surface area contributed by atoms with Gasteiger partial charge in [0.1, 0.15) is 12.4 Å². The lowest BCUT2D eigenvalue weighted by atomic mass is 9.92. The Kier molecular flexibility index (Phi) is 7.18. The van der Waals surface area contributed by atoms with E-state index in [1.165, 1.54) is 0 Å². The Morgan fingerprint density at radius 1 is 1.00 bits per heavy atom. The first-order valence-electron chi connectivity index (χ1n) is 11.0. The van der Waals surface area contributed by atoms with Gasteiger partial charge in [-0.25, -0.2) is 9.59 Å². The van der Waals surface area contributed by atoms with Crippen molar-refractivity contribution in [3.63, 3.8) is 0 Å². The quantitative estimate of drug-likeness (QED) is 0.433. The number of hydrogen-bond acceptors (Lipinski definition) is 4. The van der Waals surface area contributed by atoms with Gasteiger partial charge in [-0.05, 0) is 42.7 Å². The highest BCUT2D eigenvalue weighted by atomic mass is 35.5. The van der Waals surface area contributed by atoms with E-state index in [0.29, 0.717) is 39.8 Å². The normalized spacial score (nSPS) is 15.5. The molecule has 3 aromatic rings. The zero-order valence-electron chi connectivity index (χ0n) is 18.9. The molecule has 0 radical (unpaired) electrons. The van der Waals surface area contributed by atoms with Crippen LogP contribution in [0.3, 0.4) is 0 Å². The molecule has 1 aliphatic rings. The molecular weight excluding hydrogens is 452 g/mol. The average Bonchev–Trinajstić information content (AvgIpc) is 2.83. The SMILES string of the molecule is CC(C)OC(=O)C1=C(c2ccccc2)NC(=O)NC1c1ccc(OCc2ccccc2)c(Cl)c1. The molecule has 34 heavy (non-hydrogen) atoms. The van der Waals surface area contributed by atoms with Crippen molar-refractivity contribution in [2.45, 2.75) is 32.6 Å². The molecule has 1 heterocycles. The molecule has 0 bridgehead atoms. The number of nitrogens with one attached hydrogen (secondary N) is 2. The number of hydrogen-bond donors (Lipinski definition) is 2. The number of carbonyl (C=O) groups excluding carboxylic acids is 2. The summed E-state index contributed by atoms with van der Waals surface area (Å²) in [5.74, 6) is -0.0139. The second-order valence-corrected chi connectivity index (χ2v) is 8.51. The van der Waals surface area contributed by atoms with E-state index < -0.39 is 18.0 Å². The van der Waals surface area contributed by atoms with Crippen molar-refractivity contribution in [2.75, 3.05) is 0 Å². The first-order chi connectivity index (χ1) is 16.4. The van der Waals surface area contributed by atoms with Crippen LogP contribution in [0.4, 0.5) is 4.79 Å². The summed E-state index contributed by atoms with van der Waals surface area (Å²) in [4.78, 5) is 25.7. The molecule has 3 aromatic carbocycles. The van der Waals surface area contributed by atoms with Crippen LogP contribution in [0, 0.1) is 0 Å². The van der Waals surface area contributed by atoms with Crippen LogP contribution >= 0.6 is 11.6 Å². The number of urea groups is 1. The van der Waals surface area contributed by atoms with Crippen LogP contribution in [-0.4, -0.2) is 18.1 Å². The first kappa shape index (κ1) is 23.4. The number of carbonyl (C=O) groups is 2. The van der Waals surface area contributed by atoms with E-state index in [-0.39, 0.29) is 6.10 Å². The monoisotopic (exact) mass is 476 g/mol. The summed E-state index contributed by atoms with van der Waals surface area (Å²) in [5.41, 5.74) is 3.06. The van der Waals surface area contributed by atoms with Gasteiger partial charge in [-0.1, -0.05) is 78.3 Å². The second kappa shape index (κ2) is 10.4. The van der Waals surface area contributed by atoms with Crippen LogP contribution in [0.5, 0.6) is 5.75 Å². The third-order valence-corrected chi connectivity index (χ3v) is 5.52. The summed E-state index contributed by atoms with van der Waals surface area (Å²) in [6.07, 6.45) is -0.326. The maximum atomic E-state index is 13.2. The maximum Gasteiger partial charge on any atom is 0.338 e. The van der Waals surface area contributed by atoms with Gasteiger partial charge in [0.15, 0.2) is 0 Å². The lowest BCUT2D eigenvalue weighted by Crippen LogP contribution is -2.45. The molecule has 0 saturated carbocycles. The molecule has 0 fully saturated rings. The molecular formula is C27H25ClN2O4. The van der Waals surface area contributed by atoms with E-state index in [0.717, 1.165) is 5.56 Å². The topological polar surface area (TPSA) is 76.7 Å². The van der Waals surface area contributed by atoms with Crippen molar-refractivity contribution in [3.05, 3.63) is 106 Å². The van der Waals surface area contributed by atoms with Crippen LogP contribution in [0.15, 0.2) is 84.4 Å². The van der Waals surface area contributed by atoms with Crippen LogP contribution < -0.4 is 15.4 Å². The lowest BCUT2D eigenvalue weighted by Gasteiger charge is -2.30. The number of amides is 2. The molecule has 4 rings (SSSR count). The Labute approximate surface area is 203 Å². The molecule has 1 atom stereocenters. The van der Waals surface area contributed by atoms with E-state index in [1.54, 1.807) is 32.0 Å². The Morgan fingerprint density at radius 2 is 1.68 bits per heavy atom.